The molecule has 0 radical (unpaired) electrons. The Balaban J connectivity index is 2.26. The molecule has 0 saturated carbocycles. The maximum atomic E-state index is 11.3. The molecule has 0 aromatic heterocycles. The standard InChI is InChI=1S/C11H14N2O5/c1-7(11(17)18)12-8(14)3-2-6-13-9(15)4-5-10(13)16/h4-5,7H,2-3,6H2,1H3,(H,12,14)(H,17,18)/t7-/m0/s1. The van der Waals surface area contributed by atoms with Crippen LogP contribution in [0.2, 0.25) is 0 Å². The van der Waals surface area contributed by atoms with Crippen LogP contribution in [0.15, 0.2) is 12.2 Å². The van der Waals surface area contributed by atoms with Gasteiger partial charge in [0.2, 0.25) is 5.91 Å². The lowest BCUT2D eigenvalue weighted by Crippen LogP contribution is -2.38. The van der Waals surface area contributed by atoms with Crippen molar-refractivity contribution in [3.05, 3.63) is 12.2 Å². The molecular weight excluding hydrogens is 240 g/mol. The molecule has 1 rings (SSSR count). The van der Waals surface area contributed by atoms with Crippen molar-refractivity contribution in [1.29, 1.82) is 0 Å². The molecule has 98 valence electrons. The van der Waals surface area contributed by atoms with E-state index in [4.69, 9.17) is 5.11 Å². The fourth-order valence-corrected chi connectivity index (χ4v) is 1.42. The number of carboxylic acid groups (broad SMARTS) is 1. The summed E-state index contributed by atoms with van der Waals surface area (Å²) in [7, 11) is 0. The first kappa shape index (κ1) is 13.9. The Morgan fingerprint density at radius 3 is 2.39 bits per heavy atom. The molecule has 0 spiro atoms. The highest BCUT2D eigenvalue weighted by Gasteiger charge is 2.23. The lowest BCUT2D eigenvalue weighted by molar-refractivity contribution is -0.141. The number of carboxylic acids is 1. The summed E-state index contributed by atoms with van der Waals surface area (Å²) in [6.45, 7) is 1.51. The molecule has 7 heteroatoms. The minimum absolute atomic E-state index is 0.0642. The number of hydrogen-bond donors (Lipinski definition) is 2. The van der Waals surface area contributed by atoms with Crippen LogP contribution in [0.5, 0.6) is 0 Å². The van der Waals surface area contributed by atoms with Gasteiger partial charge in [-0.05, 0) is 13.3 Å². The lowest BCUT2D eigenvalue weighted by Gasteiger charge is -2.13. The molecular formula is C11H14N2O5. The number of imide groups is 1. The van der Waals surface area contributed by atoms with Gasteiger partial charge in [-0.3, -0.25) is 24.1 Å². The van der Waals surface area contributed by atoms with Crippen LogP contribution in [0.25, 0.3) is 0 Å². The third-order valence-electron chi connectivity index (χ3n) is 2.43. The first-order valence-corrected chi connectivity index (χ1v) is 5.47. The van der Waals surface area contributed by atoms with E-state index in [1.54, 1.807) is 0 Å². The van der Waals surface area contributed by atoms with Crippen LogP contribution < -0.4 is 5.32 Å². The van der Waals surface area contributed by atoms with E-state index in [1.165, 1.54) is 19.1 Å². The summed E-state index contributed by atoms with van der Waals surface area (Å²) in [5, 5.41) is 10.9. The molecule has 0 aromatic carbocycles. The molecule has 1 heterocycles. The van der Waals surface area contributed by atoms with Crippen molar-refractivity contribution < 1.29 is 24.3 Å². The third-order valence-corrected chi connectivity index (χ3v) is 2.43. The number of rotatable bonds is 6. The molecule has 0 fully saturated rings. The molecule has 0 saturated heterocycles. The molecule has 1 atom stereocenters. The second-order valence-electron chi connectivity index (χ2n) is 3.89. The first-order chi connectivity index (χ1) is 8.41. The zero-order valence-electron chi connectivity index (χ0n) is 9.88. The highest BCUT2D eigenvalue weighted by Crippen LogP contribution is 2.05. The van der Waals surface area contributed by atoms with Gasteiger partial charge < -0.3 is 10.4 Å². The minimum atomic E-state index is -1.11. The Morgan fingerprint density at radius 1 is 1.33 bits per heavy atom. The number of aliphatic carboxylic acids is 1. The molecule has 0 unspecified atom stereocenters. The van der Waals surface area contributed by atoms with Crippen molar-refractivity contribution in [3.63, 3.8) is 0 Å². The predicted molar refractivity (Wildman–Crippen MR) is 60.3 cm³/mol. The smallest absolute Gasteiger partial charge is 0.325 e. The van der Waals surface area contributed by atoms with E-state index in [0.29, 0.717) is 6.42 Å². The Kier molecular flexibility index (Phi) is 4.59. The van der Waals surface area contributed by atoms with Crippen LogP contribution in [0.4, 0.5) is 0 Å². The number of nitrogens with zero attached hydrogens (tertiary/aromatic N) is 1. The highest BCUT2D eigenvalue weighted by molar-refractivity contribution is 6.12. The number of hydrogen-bond acceptors (Lipinski definition) is 4. The maximum absolute atomic E-state index is 11.3. The molecule has 1 aliphatic heterocycles. The number of nitrogens with one attached hydrogen (secondary N) is 1. The van der Waals surface area contributed by atoms with Crippen molar-refractivity contribution in [3.8, 4) is 0 Å². The Hall–Kier alpha value is -2.18. The SMILES string of the molecule is C[C@H](NC(=O)CCCN1C(=O)C=CC1=O)C(=O)O. The van der Waals surface area contributed by atoms with Crippen LogP contribution in [0.3, 0.4) is 0 Å². The van der Waals surface area contributed by atoms with E-state index < -0.39 is 17.9 Å². The van der Waals surface area contributed by atoms with Gasteiger partial charge in [0.25, 0.3) is 11.8 Å². The van der Waals surface area contributed by atoms with Crippen molar-refractivity contribution in [2.45, 2.75) is 25.8 Å². The largest absolute Gasteiger partial charge is 0.480 e. The van der Waals surface area contributed by atoms with Gasteiger partial charge in [-0.2, -0.15) is 0 Å². The van der Waals surface area contributed by atoms with E-state index in [-0.39, 0.29) is 24.8 Å². The van der Waals surface area contributed by atoms with Gasteiger partial charge in [0.1, 0.15) is 6.04 Å². The number of carbonyl (C=O) groups is 4. The summed E-state index contributed by atoms with van der Waals surface area (Å²) in [6, 6.07) is -0.950. The van der Waals surface area contributed by atoms with Crippen LogP contribution in [0, 0.1) is 0 Å². The normalized spacial score (nSPS) is 15.9. The van der Waals surface area contributed by atoms with Gasteiger partial charge in [0.15, 0.2) is 0 Å². The highest BCUT2D eigenvalue weighted by atomic mass is 16.4. The van der Waals surface area contributed by atoms with Gasteiger partial charge >= 0.3 is 5.97 Å². The average Bonchev–Trinajstić information content (AvgIpc) is 2.60. The fraction of sp³-hybridized carbons (Fsp3) is 0.455. The summed E-state index contributed by atoms with van der Waals surface area (Å²) in [5.74, 6) is -2.31. The number of carbonyl (C=O) groups excluding carboxylic acids is 3. The van der Waals surface area contributed by atoms with Crippen LogP contribution >= 0.6 is 0 Å². The monoisotopic (exact) mass is 254 g/mol. The quantitative estimate of drug-likeness (QED) is 0.609. The van der Waals surface area contributed by atoms with Gasteiger partial charge in [-0.15, -0.1) is 0 Å². The lowest BCUT2D eigenvalue weighted by atomic mass is 10.2. The van der Waals surface area contributed by atoms with Crippen molar-refractivity contribution in [2.24, 2.45) is 0 Å². The molecule has 0 aliphatic carbocycles. The van der Waals surface area contributed by atoms with E-state index in [9.17, 15) is 19.2 Å². The summed E-state index contributed by atoms with van der Waals surface area (Å²) in [6.07, 6.45) is 2.72. The molecule has 1 aliphatic rings. The first-order valence-electron chi connectivity index (χ1n) is 5.47. The van der Waals surface area contributed by atoms with Crippen LogP contribution in [0.1, 0.15) is 19.8 Å². The summed E-state index contributed by atoms with van der Waals surface area (Å²) < 4.78 is 0. The second kappa shape index (κ2) is 5.95. The maximum Gasteiger partial charge on any atom is 0.325 e. The van der Waals surface area contributed by atoms with Crippen LogP contribution in [-0.2, 0) is 19.2 Å². The molecule has 18 heavy (non-hydrogen) atoms. The van der Waals surface area contributed by atoms with Crippen molar-refractivity contribution in [1.82, 2.24) is 10.2 Å². The molecule has 3 amide bonds. The summed E-state index contributed by atoms with van der Waals surface area (Å²) in [4.78, 5) is 45.2. The molecule has 2 N–H and O–H groups in total. The Labute approximate surface area is 103 Å². The third kappa shape index (κ3) is 3.69. The summed E-state index contributed by atoms with van der Waals surface area (Å²) >= 11 is 0. The van der Waals surface area contributed by atoms with E-state index in [2.05, 4.69) is 5.32 Å². The van der Waals surface area contributed by atoms with Gasteiger partial charge in [0, 0.05) is 25.1 Å². The average molecular weight is 254 g/mol. The van der Waals surface area contributed by atoms with E-state index in [1.807, 2.05) is 0 Å². The molecule has 0 bridgehead atoms. The van der Waals surface area contributed by atoms with Crippen LogP contribution in [-0.4, -0.2) is 46.3 Å². The topological polar surface area (TPSA) is 104 Å². The molecule has 0 aromatic rings. The Morgan fingerprint density at radius 2 is 1.89 bits per heavy atom. The number of amides is 3. The minimum Gasteiger partial charge on any atom is -0.480 e. The Bertz CT molecular complexity index is 398. The predicted octanol–water partition coefficient (Wildman–Crippen LogP) is -0.719. The second-order valence-corrected chi connectivity index (χ2v) is 3.89. The van der Waals surface area contributed by atoms with E-state index in [0.717, 1.165) is 4.90 Å². The zero-order valence-corrected chi connectivity index (χ0v) is 9.88. The zero-order chi connectivity index (χ0) is 13.7. The van der Waals surface area contributed by atoms with Crippen molar-refractivity contribution >= 4 is 23.7 Å². The van der Waals surface area contributed by atoms with Gasteiger partial charge in [-0.1, -0.05) is 0 Å². The summed E-state index contributed by atoms with van der Waals surface area (Å²) in [5.41, 5.74) is 0. The van der Waals surface area contributed by atoms with Gasteiger partial charge in [-0.25, -0.2) is 0 Å². The van der Waals surface area contributed by atoms with Crippen molar-refractivity contribution in [2.75, 3.05) is 6.54 Å². The van der Waals surface area contributed by atoms with Gasteiger partial charge in [0.05, 0.1) is 0 Å². The fourth-order valence-electron chi connectivity index (χ4n) is 1.42. The van der Waals surface area contributed by atoms with E-state index >= 15 is 0 Å². The molecule has 7 nitrogen and oxygen atoms in total.